The van der Waals surface area contributed by atoms with Crippen LogP contribution in [0.3, 0.4) is 0 Å². The molecule has 0 aliphatic carbocycles. The molecule has 5 rings (SSSR count). The molecule has 0 aliphatic rings. The van der Waals surface area contributed by atoms with E-state index in [0.29, 0.717) is 34.3 Å². The Hall–Kier alpha value is -5.52. The molecular weight excluding hydrogens is 569 g/mol. The first kappa shape index (κ1) is 30.0. The monoisotopic (exact) mass is 599 g/mol. The van der Waals surface area contributed by atoms with Crippen molar-refractivity contribution >= 4 is 22.5 Å². The Morgan fingerprint density at radius 2 is 1.66 bits per heavy atom. The number of anilines is 1. The topological polar surface area (TPSA) is 127 Å². The molecule has 2 aromatic heterocycles. The molecule has 1 N–H and O–H groups in total. The first-order valence-electron chi connectivity index (χ1n) is 13.8. The van der Waals surface area contributed by atoms with Gasteiger partial charge in [-0.25, -0.2) is 23.4 Å². The van der Waals surface area contributed by atoms with Gasteiger partial charge in [0.05, 0.1) is 25.4 Å². The lowest BCUT2D eigenvalue weighted by atomic mass is 10.0. The van der Waals surface area contributed by atoms with Gasteiger partial charge in [0.15, 0.2) is 11.5 Å². The zero-order valence-corrected chi connectivity index (χ0v) is 24.8. The maximum Gasteiger partial charge on any atom is 0.352 e. The van der Waals surface area contributed by atoms with Gasteiger partial charge in [-0.2, -0.15) is 5.10 Å². The lowest BCUT2D eigenvalue weighted by Gasteiger charge is -2.16. The number of benzene rings is 3. The summed E-state index contributed by atoms with van der Waals surface area (Å²) in [6, 6.07) is 17.1. The van der Waals surface area contributed by atoms with E-state index in [1.165, 1.54) is 12.1 Å². The van der Waals surface area contributed by atoms with E-state index in [1.54, 1.807) is 51.5 Å². The smallest absolute Gasteiger partial charge is 0.352 e. The summed E-state index contributed by atoms with van der Waals surface area (Å²) in [5.41, 5.74) is -0.227. The molecule has 0 radical (unpaired) electrons. The highest BCUT2D eigenvalue weighted by Crippen LogP contribution is 2.34. The molecule has 0 unspecified atom stereocenters. The summed E-state index contributed by atoms with van der Waals surface area (Å²) in [5, 5.41) is 7.63. The summed E-state index contributed by atoms with van der Waals surface area (Å²) < 4.78 is 32.1. The average molecular weight is 600 g/mol. The van der Waals surface area contributed by atoms with Crippen molar-refractivity contribution in [2.45, 2.75) is 33.2 Å². The van der Waals surface area contributed by atoms with E-state index in [-0.39, 0.29) is 18.2 Å². The van der Waals surface area contributed by atoms with E-state index in [1.807, 2.05) is 26.0 Å². The number of amides is 1. The van der Waals surface area contributed by atoms with Gasteiger partial charge in [-0.15, -0.1) is 0 Å². The predicted molar refractivity (Wildman–Crippen MR) is 163 cm³/mol. The standard InChI is InChI=1S/C32H30FN5O6/c1-6-37-32(41)38(21-10-8-20(33)9-11-21)31(40)29(36-37)30(39)35-24-13-12-22(16-23(24)18(2)3)44-28-14-7-19-15-26(42-4)27(43-5)17-25(19)34-28/h7-18H,6H2,1-5H3,(H,35,39). The van der Waals surface area contributed by atoms with E-state index >= 15 is 0 Å². The molecule has 0 bridgehead atoms. The largest absolute Gasteiger partial charge is 0.493 e. The van der Waals surface area contributed by atoms with Crippen LogP contribution in [0.25, 0.3) is 16.6 Å². The third-order valence-electron chi connectivity index (χ3n) is 6.92. The third-order valence-corrected chi connectivity index (χ3v) is 6.92. The zero-order valence-electron chi connectivity index (χ0n) is 24.8. The maximum absolute atomic E-state index is 13.5. The predicted octanol–water partition coefficient (Wildman–Crippen LogP) is 5.29. The fraction of sp³-hybridized carbons (Fsp3) is 0.219. The van der Waals surface area contributed by atoms with Crippen LogP contribution in [0.2, 0.25) is 0 Å². The second kappa shape index (κ2) is 12.4. The summed E-state index contributed by atoms with van der Waals surface area (Å²) in [6.45, 7) is 5.65. The van der Waals surface area contributed by atoms with E-state index in [9.17, 15) is 18.8 Å². The molecule has 0 saturated heterocycles. The summed E-state index contributed by atoms with van der Waals surface area (Å²) >= 11 is 0. The van der Waals surface area contributed by atoms with Crippen molar-refractivity contribution in [3.05, 3.63) is 105 Å². The Bertz CT molecular complexity index is 1990. The molecule has 5 aromatic rings. The normalized spacial score (nSPS) is 11.1. The Labute approximate surface area is 251 Å². The molecule has 12 heteroatoms. The number of nitrogens with one attached hydrogen (secondary N) is 1. The van der Waals surface area contributed by atoms with Crippen LogP contribution < -0.4 is 30.8 Å². The number of carbonyl (C=O) groups excluding carboxylic acids is 1. The van der Waals surface area contributed by atoms with Crippen LogP contribution >= 0.6 is 0 Å². The Morgan fingerprint density at radius 3 is 2.32 bits per heavy atom. The van der Waals surface area contributed by atoms with Gasteiger partial charge in [-0.05, 0) is 73.0 Å². The summed E-state index contributed by atoms with van der Waals surface area (Å²) in [7, 11) is 3.12. The van der Waals surface area contributed by atoms with Crippen LogP contribution in [0.1, 0.15) is 42.7 Å². The molecule has 0 fully saturated rings. The zero-order chi connectivity index (χ0) is 31.5. The number of aryl methyl sites for hydroxylation is 1. The molecule has 0 spiro atoms. The molecule has 0 aliphatic heterocycles. The molecule has 0 saturated carbocycles. The number of pyridine rings is 1. The second-order valence-electron chi connectivity index (χ2n) is 10.1. The number of rotatable bonds is 9. The van der Waals surface area contributed by atoms with Gasteiger partial charge >= 0.3 is 5.69 Å². The highest BCUT2D eigenvalue weighted by Gasteiger charge is 2.22. The summed E-state index contributed by atoms with van der Waals surface area (Å²) in [5.74, 6) is 0.579. The molecule has 2 heterocycles. The highest BCUT2D eigenvalue weighted by molar-refractivity contribution is 6.03. The number of halogens is 1. The first-order valence-corrected chi connectivity index (χ1v) is 13.8. The number of carbonyl (C=O) groups is 1. The van der Waals surface area contributed by atoms with E-state index in [2.05, 4.69) is 15.4 Å². The van der Waals surface area contributed by atoms with Gasteiger partial charge < -0.3 is 19.5 Å². The van der Waals surface area contributed by atoms with Gasteiger partial charge in [0.2, 0.25) is 11.6 Å². The SMILES string of the molecule is CCn1nc(C(=O)Nc2ccc(Oc3ccc4cc(OC)c(OC)cc4n3)cc2C(C)C)c(=O)n(-c2ccc(F)cc2)c1=O. The number of nitrogens with zero attached hydrogens (tertiary/aromatic N) is 4. The number of hydrogen-bond acceptors (Lipinski definition) is 8. The van der Waals surface area contributed by atoms with Gasteiger partial charge in [-0.3, -0.25) is 9.59 Å². The van der Waals surface area contributed by atoms with Crippen molar-refractivity contribution in [2.75, 3.05) is 19.5 Å². The number of aromatic nitrogens is 4. The lowest BCUT2D eigenvalue weighted by molar-refractivity contribution is 0.101. The van der Waals surface area contributed by atoms with Crippen molar-refractivity contribution in [3.8, 4) is 28.8 Å². The maximum atomic E-state index is 13.5. The van der Waals surface area contributed by atoms with Crippen LogP contribution in [0.5, 0.6) is 23.1 Å². The van der Waals surface area contributed by atoms with E-state index in [4.69, 9.17) is 14.2 Å². The van der Waals surface area contributed by atoms with Gasteiger partial charge in [0.25, 0.3) is 11.5 Å². The Morgan fingerprint density at radius 1 is 0.955 bits per heavy atom. The van der Waals surface area contributed by atoms with Crippen LogP contribution in [0.4, 0.5) is 10.1 Å². The van der Waals surface area contributed by atoms with Crippen molar-refractivity contribution < 1.29 is 23.4 Å². The molecule has 1 amide bonds. The summed E-state index contributed by atoms with van der Waals surface area (Å²) in [4.78, 5) is 44.2. The minimum absolute atomic E-state index is 0.0523. The second-order valence-corrected chi connectivity index (χ2v) is 10.1. The van der Waals surface area contributed by atoms with Gasteiger partial charge in [0.1, 0.15) is 11.6 Å². The molecule has 226 valence electrons. The van der Waals surface area contributed by atoms with Crippen molar-refractivity contribution in [2.24, 2.45) is 0 Å². The van der Waals surface area contributed by atoms with Crippen molar-refractivity contribution in [1.29, 1.82) is 0 Å². The Balaban J connectivity index is 1.45. The lowest BCUT2D eigenvalue weighted by Crippen LogP contribution is -2.44. The van der Waals surface area contributed by atoms with Crippen LogP contribution in [0.15, 0.2) is 76.3 Å². The first-order chi connectivity index (χ1) is 21.1. The number of ether oxygens (including phenoxy) is 3. The fourth-order valence-corrected chi connectivity index (χ4v) is 4.67. The number of fused-ring (bicyclic) bond motifs is 1. The van der Waals surface area contributed by atoms with Crippen LogP contribution in [-0.4, -0.2) is 39.5 Å². The van der Waals surface area contributed by atoms with Crippen LogP contribution in [-0.2, 0) is 6.54 Å². The summed E-state index contributed by atoms with van der Waals surface area (Å²) in [6.07, 6.45) is 0. The highest BCUT2D eigenvalue weighted by atomic mass is 19.1. The van der Waals surface area contributed by atoms with Crippen molar-refractivity contribution in [1.82, 2.24) is 19.3 Å². The third kappa shape index (κ3) is 5.87. The molecule has 11 nitrogen and oxygen atoms in total. The van der Waals surface area contributed by atoms with Crippen molar-refractivity contribution in [3.63, 3.8) is 0 Å². The molecular formula is C32H30FN5O6. The Kier molecular flexibility index (Phi) is 8.43. The number of methoxy groups -OCH3 is 2. The quantitative estimate of drug-likeness (QED) is 0.242. The molecule has 0 atom stereocenters. The molecule has 3 aromatic carbocycles. The van der Waals surface area contributed by atoms with E-state index < -0.39 is 28.7 Å². The van der Waals surface area contributed by atoms with Gasteiger partial charge in [0, 0.05) is 29.8 Å². The minimum atomic E-state index is -0.925. The number of hydrogen-bond donors (Lipinski definition) is 1. The average Bonchev–Trinajstić information content (AvgIpc) is 3.01. The molecule has 44 heavy (non-hydrogen) atoms. The minimum Gasteiger partial charge on any atom is -0.493 e. The van der Waals surface area contributed by atoms with E-state index in [0.717, 1.165) is 32.3 Å². The fourth-order valence-electron chi connectivity index (χ4n) is 4.67. The van der Waals surface area contributed by atoms with Crippen LogP contribution in [0, 0.1) is 5.82 Å². The van der Waals surface area contributed by atoms with Gasteiger partial charge in [-0.1, -0.05) is 13.8 Å².